The zero-order chi connectivity index (χ0) is 12.5. The second-order valence-corrected chi connectivity index (χ2v) is 4.49. The number of para-hydroxylation sites is 1. The minimum Gasteiger partial charge on any atom is -0.385 e. The molecular formula is C15H13F2N. The summed E-state index contributed by atoms with van der Waals surface area (Å²) in [5.41, 5.74) is 2.12. The standard InChI is InChI=1S/C15H13F2N/c16-12-5-3-6-13(17)15(12)11-8-9-18-14-7-2-1-4-10(11)14/h1-7,11,18H,8-9H2. The zero-order valence-electron chi connectivity index (χ0n) is 9.79. The Hall–Kier alpha value is -1.90. The lowest BCUT2D eigenvalue weighted by atomic mass is 9.84. The van der Waals surface area contributed by atoms with Gasteiger partial charge in [-0.2, -0.15) is 0 Å². The summed E-state index contributed by atoms with van der Waals surface area (Å²) in [6, 6.07) is 11.7. The summed E-state index contributed by atoms with van der Waals surface area (Å²) in [4.78, 5) is 0. The van der Waals surface area contributed by atoms with Crippen LogP contribution in [0.4, 0.5) is 14.5 Å². The van der Waals surface area contributed by atoms with Gasteiger partial charge in [-0.05, 0) is 30.2 Å². The molecule has 1 N–H and O–H groups in total. The molecule has 18 heavy (non-hydrogen) atoms. The molecule has 0 saturated heterocycles. The molecule has 92 valence electrons. The van der Waals surface area contributed by atoms with Crippen LogP contribution in [0.25, 0.3) is 0 Å². The number of fused-ring (bicyclic) bond motifs is 1. The molecule has 2 aromatic carbocycles. The van der Waals surface area contributed by atoms with Crippen molar-refractivity contribution in [2.45, 2.75) is 12.3 Å². The lowest BCUT2D eigenvalue weighted by molar-refractivity contribution is 0.531. The Labute approximate surface area is 104 Å². The molecule has 0 aromatic heterocycles. The van der Waals surface area contributed by atoms with Crippen LogP contribution in [-0.4, -0.2) is 6.54 Å². The highest BCUT2D eigenvalue weighted by molar-refractivity contribution is 5.57. The van der Waals surface area contributed by atoms with Crippen molar-refractivity contribution in [1.29, 1.82) is 0 Å². The van der Waals surface area contributed by atoms with E-state index in [-0.39, 0.29) is 11.5 Å². The van der Waals surface area contributed by atoms with Crippen molar-refractivity contribution < 1.29 is 8.78 Å². The van der Waals surface area contributed by atoms with Gasteiger partial charge in [0.25, 0.3) is 0 Å². The molecule has 1 aliphatic heterocycles. The molecule has 0 spiro atoms. The van der Waals surface area contributed by atoms with Crippen LogP contribution in [0.3, 0.4) is 0 Å². The number of anilines is 1. The Morgan fingerprint density at radius 2 is 1.67 bits per heavy atom. The molecule has 0 amide bonds. The van der Waals surface area contributed by atoms with Crippen molar-refractivity contribution in [3.05, 3.63) is 65.2 Å². The van der Waals surface area contributed by atoms with Gasteiger partial charge in [0.2, 0.25) is 0 Å². The topological polar surface area (TPSA) is 12.0 Å². The van der Waals surface area contributed by atoms with Gasteiger partial charge in [0.1, 0.15) is 11.6 Å². The van der Waals surface area contributed by atoms with Crippen LogP contribution in [0.2, 0.25) is 0 Å². The van der Waals surface area contributed by atoms with Gasteiger partial charge in [-0.1, -0.05) is 24.3 Å². The highest BCUT2D eigenvalue weighted by atomic mass is 19.1. The number of halogens is 2. The molecule has 1 nitrogen and oxygen atoms in total. The Balaban J connectivity index is 2.14. The van der Waals surface area contributed by atoms with Crippen molar-refractivity contribution in [1.82, 2.24) is 0 Å². The fourth-order valence-electron chi connectivity index (χ4n) is 2.61. The molecule has 0 saturated carbocycles. The first kappa shape index (κ1) is 11.2. The van der Waals surface area contributed by atoms with E-state index in [0.29, 0.717) is 6.42 Å². The second kappa shape index (κ2) is 4.41. The van der Waals surface area contributed by atoms with Crippen LogP contribution in [-0.2, 0) is 0 Å². The van der Waals surface area contributed by atoms with Crippen molar-refractivity contribution in [3.8, 4) is 0 Å². The van der Waals surface area contributed by atoms with Crippen molar-refractivity contribution >= 4 is 5.69 Å². The normalized spacial score (nSPS) is 18.0. The van der Waals surface area contributed by atoms with Crippen LogP contribution in [0.1, 0.15) is 23.5 Å². The van der Waals surface area contributed by atoms with E-state index in [9.17, 15) is 8.78 Å². The van der Waals surface area contributed by atoms with E-state index < -0.39 is 11.6 Å². The summed E-state index contributed by atoms with van der Waals surface area (Å²) in [6.07, 6.45) is 0.703. The van der Waals surface area contributed by atoms with E-state index in [2.05, 4.69) is 5.32 Å². The first-order valence-electron chi connectivity index (χ1n) is 6.04. The Bertz CT molecular complexity index is 560. The van der Waals surface area contributed by atoms with Crippen LogP contribution in [0, 0.1) is 11.6 Å². The maximum atomic E-state index is 13.9. The summed E-state index contributed by atoms with van der Waals surface area (Å²) in [5.74, 6) is -1.13. The van der Waals surface area contributed by atoms with E-state index in [4.69, 9.17) is 0 Å². The second-order valence-electron chi connectivity index (χ2n) is 4.49. The van der Waals surface area contributed by atoms with Crippen LogP contribution in [0.5, 0.6) is 0 Å². The monoisotopic (exact) mass is 245 g/mol. The predicted molar refractivity (Wildman–Crippen MR) is 67.7 cm³/mol. The highest BCUT2D eigenvalue weighted by Gasteiger charge is 2.26. The summed E-state index contributed by atoms with van der Waals surface area (Å²) >= 11 is 0. The van der Waals surface area contributed by atoms with E-state index in [1.54, 1.807) is 0 Å². The Kier molecular flexibility index (Phi) is 2.74. The molecule has 0 fully saturated rings. The number of hydrogen-bond acceptors (Lipinski definition) is 1. The fraction of sp³-hybridized carbons (Fsp3) is 0.200. The molecule has 0 radical (unpaired) electrons. The van der Waals surface area contributed by atoms with E-state index in [0.717, 1.165) is 17.8 Å². The largest absolute Gasteiger partial charge is 0.385 e. The molecule has 3 rings (SSSR count). The van der Waals surface area contributed by atoms with Crippen molar-refractivity contribution in [3.63, 3.8) is 0 Å². The van der Waals surface area contributed by atoms with Gasteiger partial charge in [-0.3, -0.25) is 0 Å². The molecule has 3 heteroatoms. The first-order valence-corrected chi connectivity index (χ1v) is 6.04. The van der Waals surface area contributed by atoms with Gasteiger partial charge in [0, 0.05) is 23.7 Å². The van der Waals surface area contributed by atoms with Crippen molar-refractivity contribution in [2.75, 3.05) is 11.9 Å². The average molecular weight is 245 g/mol. The first-order chi connectivity index (χ1) is 8.77. The maximum Gasteiger partial charge on any atom is 0.129 e. The molecule has 1 aliphatic rings. The number of hydrogen-bond donors (Lipinski definition) is 1. The summed E-state index contributed by atoms with van der Waals surface area (Å²) in [5, 5.41) is 3.26. The van der Waals surface area contributed by atoms with Gasteiger partial charge < -0.3 is 5.32 Å². The van der Waals surface area contributed by atoms with E-state index in [1.165, 1.54) is 18.2 Å². The van der Waals surface area contributed by atoms with E-state index in [1.807, 2.05) is 24.3 Å². The SMILES string of the molecule is Fc1cccc(F)c1C1CCNc2ccccc21. The predicted octanol–water partition coefficient (Wildman–Crippen LogP) is 3.91. The number of benzene rings is 2. The smallest absolute Gasteiger partial charge is 0.129 e. The average Bonchev–Trinajstić information content (AvgIpc) is 2.39. The number of rotatable bonds is 1. The van der Waals surface area contributed by atoms with Gasteiger partial charge in [-0.15, -0.1) is 0 Å². The van der Waals surface area contributed by atoms with Gasteiger partial charge in [0.05, 0.1) is 0 Å². The number of nitrogens with one attached hydrogen (secondary N) is 1. The third kappa shape index (κ3) is 1.76. The van der Waals surface area contributed by atoms with Crippen LogP contribution >= 0.6 is 0 Å². The summed E-state index contributed by atoms with van der Waals surface area (Å²) in [7, 11) is 0. The lowest BCUT2D eigenvalue weighted by Crippen LogP contribution is -2.19. The van der Waals surface area contributed by atoms with Crippen molar-refractivity contribution in [2.24, 2.45) is 0 Å². The maximum absolute atomic E-state index is 13.9. The molecule has 0 aliphatic carbocycles. The molecule has 0 bridgehead atoms. The molecule has 1 atom stereocenters. The van der Waals surface area contributed by atoms with Crippen LogP contribution < -0.4 is 5.32 Å². The molecule has 2 aromatic rings. The fourth-order valence-corrected chi connectivity index (χ4v) is 2.61. The minimum atomic E-state index is -0.461. The highest BCUT2D eigenvalue weighted by Crippen LogP contribution is 2.38. The Morgan fingerprint density at radius 1 is 0.944 bits per heavy atom. The third-order valence-electron chi connectivity index (χ3n) is 3.43. The molecule has 1 heterocycles. The zero-order valence-corrected chi connectivity index (χ0v) is 9.79. The van der Waals surface area contributed by atoms with Gasteiger partial charge in [-0.25, -0.2) is 8.78 Å². The Morgan fingerprint density at radius 3 is 2.44 bits per heavy atom. The molecule has 1 unspecified atom stereocenters. The lowest BCUT2D eigenvalue weighted by Gasteiger charge is -2.27. The van der Waals surface area contributed by atoms with Gasteiger partial charge >= 0.3 is 0 Å². The summed E-state index contributed by atoms with van der Waals surface area (Å²) in [6.45, 7) is 0.732. The van der Waals surface area contributed by atoms with Crippen LogP contribution in [0.15, 0.2) is 42.5 Å². The molecular weight excluding hydrogens is 232 g/mol. The third-order valence-corrected chi connectivity index (χ3v) is 3.43. The van der Waals surface area contributed by atoms with Gasteiger partial charge in [0.15, 0.2) is 0 Å². The minimum absolute atomic E-state index is 0.187. The quantitative estimate of drug-likeness (QED) is 0.803. The summed E-state index contributed by atoms with van der Waals surface area (Å²) < 4.78 is 27.7. The van der Waals surface area contributed by atoms with E-state index >= 15 is 0 Å².